The summed E-state index contributed by atoms with van der Waals surface area (Å²) in [6.07, 6.45) is 16.7. The molecule has 1 saturated heterocycles. The summed E-state index contributed by atoms with van der Waals surface area (Å²) in [5.41, 5.74) is 0. The van der Waals surface area contributed by atoms with E-state index >= 15 is 0 Å². The highest BCUT2D eigenvalue weighted by Crippen LogP contribution is 2.18. The average Bonchev–Trinajstić information content (AvgIpc) is 2.67. The van der Waals surface area contributed by atoms with Crippen LogP contribution >= 0.6 is 0 Å². The van der Waals surface area contributed by atoms with Crippen LogP contribution in [0, 0.1) is 0 Å². The van der Waals surface area contributed by atoms with Crippen molar-refractivity contribution < 1.29 is 24.8 Å². The molecule has 1 aliphatic heterocycles. The molecule has 0 amide bonds. The largest absolute Gasteiger partial charge is 0.394 e. The van der Waals surface area contributed by atoms with Crippen LogP contribution in [0.15, 0.2) is 12.2 Å². The fourth-order valence-electron chi connectivity index (χ4n) is 3.50. The van der Waals surface area contributed by atoms with E-state index in [4.69, 9.17) is 14.6 Å². The monoisotopic (exact) mass is 386 g/mol. The molecule has 5 heteroatoms. The normalized spacial score (nSPS) is 26.1. The zero-order valence-electron chi connectivity index (χ0n) is 17.2. The fourth-order valence-corrected chi connectivity index (χ4v) is 3.50. The molecule has 3 N–H and O–H groups in total. The van der Waals surface area contributed by atoms with E-state index in [0.717, 1.165) is 6.42 Å². The van der Waals surface area contributed by atoms with Gasteiger partial charge in [0.05, 0.1) is 19.8 Å². The lowest BCUT2D eigenvalue weighted by Gasteiger charge is -2.36. The van der Waals surface area contributed by atoms with Gasteiger partial charge in [-0.05, 0) is 12.8 Å². The van der Waals surface area contributed by atoms with Crippen LogP contribution in [0.2, 0.25) is 0 Å². The van der Waals surface area contributed by atoms with E-state index in [2.05, 4.69) is 13.0 Å². The predicted molar refractivity (Wildman–Crippen MR) is 109 cm³/mol. The lowest BCUT2D eigenvalue weighted by Crippen LogP contribution is -2.55. The molecule has 160 valence electrons. The minimum atomic E-state index is -1.00. The first-order valence-electron chi connectivity index (χ1n) is 11.1. The van der Waals surface area contributed by atoms with E-state index in [9.17, 15) is 10.2 Å². The molecule has 0 aromatic carbocycles. The van der Waals surface area contributed by atoms with Crippen LogP contribution < -0.4 is 0 Å². The Balaban J connectivity index is 1.93. The Bertz CT molecular complexity index is 361. The Morgan fingerprint density at radius 3 is 2.07 bits per heavy atom. The molecular formula is C22H42O5. The standard InChI is InChI=1S/C22H42O5/c1-2-3-4-5-6-7-8-9-10-11-12-13-14-15-16-26-22-19(24)18-27-20(17-23)21(22)25/h14-15,19-25H,2-13,16-18H2,1H3/b15-14+/t19-,20+,21+,22+/m0/s1. The Labute approximate surface area is 165 Å². The summed E-state index contributed by atoms with van der Waals surface area (Å²) in [7, 11) is 0. The van der Waals surface area contributed by atoms with Crippen LogP contribution in [0.25, 0.3) is 0 Å². The zero-order valence-corrected chi connectivity index (χ0v) is 17.2. The van der Waals surface area contributed by atoms with Gasteiger partial charge >= 0.3 is 0 Å². The molecule has 4 atom stereocenters. The quantitative estimate of drug-likeness (QED) is 0.278. The van der Waals surface area contributed by atoms with Gasteiger partial charge in [0.1, 0.15) is 24.4 Å². The number of aliphatic hydroxyl groups excluding tert-OH is 3. The number of hydrogen-bond acceptors (Lipinski definition) is 5. The summed E-state index contributed by atoms with van der Waals surface area (Å²) in [5.74, 6) is 0. The highest BCUT2D eigenvalue weighted by Gasteiger charge is 2.38. The maximum absolute atomic E-state index is 10.0. The summed E-state index contributed by atoms with van der Waals surface area (Å²) in [5, 5.41) is 29.0. The van der Waals surface area contributed by atoms with Crippen molar-refractivity contribution in [3.05, 3.63) is 12.2 Å². The van der Waals surface area contributed by atoms with Crippen molar-refractivity contribution in [3.8, 4) is 0 Å². The minimum absolute atomic E-state index is 0.0788. The number of aliphatic hydroxyl groups is 3. The van der Waals surface area contributed by atoms with Crippen molar-refractivity contribution in [2.24, 2.45) is 0 Å². The van der Waals surface area contributed by atoms with Crippen molar-refractivity contribution in [2.45, 2.75) is 108 Å². The van der Waals surface area contributed by atoms with Crippen LogP contribution in [0.5, 0.6) is 0 Å². The van der Waals surface area contributed by atoms with Gasteiger partial charge in [0, 0.05) is 0 Å². The fraction of sp³-hybridized carbons (Fsp3) is 0.909. The number of ether oxygens (including phenoxy) is 2. The molecule has 1 fully saturated rings. The Morgan fingerprint density at radius 1 is 0.889 bits per heavy atom. The van der Waals surface area contributed by atoms with E-state index in [1.54, 1.807) is 0 Å². The predicted octanol–water partition coefficient (Wildman–Crippen LogP) is 3.74. The van der Waals surface area contributed by atoms with Gasteiger partial charge in [-0.1, -0.05) is 83.3 Å². The smallest absolute Gasteiger partial charge is 0.114 e. The maximum atomic E-state index is 10.0. The first kappa shape index (κ1) is 24.6. The number of unbranched alkanes of at least 4 members (excludes halogenated alkanes) is 11. The van der Waals surface area contributed by atoms with Crippen molar-refractivity contribution in [2.75, 3.05) is 19.8 Å². The SMILES string of the molecule is CCCCCCCCCCCCC/C=C/CO[C@H]1[C@H](O)[C@@H](CO)OC[C@@H]1O. The summed E-state index contributed by atoms with van der Waals surface area (Å²) in [6.45, 7) is 2.42. The number of rotatable bonds is 16. The molecular weight excluding hydrogens is 344 g/mol. The molecule has 0 unspecified atom stereocenters. The Hall–Kier alpha value is -0.460. The molecule has 1 aliphatic rings. The minimum Gasteiger partial charge on any atom is -0.394 e. The third-order valence-electron chi connectivity index (χ3n) is 5.28. The van der Waals surface area contributed by atoms with Crippen molar-refractivity contribution in [1.29, 1.82) is 0 Å². The molecule has 5 nitrogen and oxygen atoms in total. The van der Waals surface area contributed by atoms with Crippen molar-refractivity contribution in [3.63, 3.8) is 0 Å². The van der Waals surface area contributed by atoms with E-state index in [1.165, 1.54) is 70.6 Å². The van der Waals surface area contributed by atoms with Crippen LogP contribution in [-0.4, -0.2) is 59.6 Å². The number of hydrogen-bond donors (Lipinski definition) is 3. The first-order valence-corrected chi connectivity index (χ1v) is 11.1. The van der Waals surface area contributed by atoms with Gasteiger partial charge in [0.2, 0.25) is 0 Å². The molecule has 0 aromatic heterocycles. The molecule has 1 rings (SSSR count). The molecule has 1 heterocycles. The lowest BCUT2D eigenvalue weighted by atomic mass is 10.0. The Kier molecular flexibility index (Phi) is 15.0. The van der Waals surface area contributed by atoms with Crippen LogP contribution in [-0.2, 0) is 9.47 Å². The summed E-state index contributed by atoms with van der Waals surface area (Å²) in [4.78, 5) is 0. The average molecular weight is 387 g/mol. The lowest BCUT2D eigenvalue weighted by molar-refractivity contribution is -0.207. The van der Waals surface area contributed by atoms with Crippen LogP contribution in [0.1, 0.15) is 84.0 Å². The first-order chi connectivity index (χ1) is 13.2. The highest BCUT2D eigenvalue weighted by molar-refractivity contribution is 4.89. The molecule has 0 spiro atoms. The van der Waals surface area contributed by atoms with Gasteiger partial charge in [-0.15, -0.1) is 0 Å². The van der Waals surface area contributed by atoms with Crippen LogP contribution in [0.4, 0.5) is 0 Å². The molecule has 0 aromatic rings. The van der Waals surface area contributed by atoms with E-state index < -0.39 is 24.4 Å². The summed E-state index contributed by atoms with van der Waals surface area (Å²) < 4.78 is 10.7. The maximum Gasteiger partial charge on any atom is 0.114 e. The van der Waals surface area contributed by atoms with E-state index in [0.29, 0.717) is 6.61 Å². The highest BCUT2D eigenvalue weighted by atomic mass is 16.6. The van der Waals surface area contributed by atoms with Gasteiger partial charge < -0.3 is 24.8 Å². The van der Waals surface area contributed by atoms with E-state index in [-0.39, 0.29) is 13.2 Å². The summed E-state index contributed by atoms with van der Waals surface area (Å²) >= 11 is 0. The second kappa shape index (κ2) is 16.5. The molecule has 0 radical (unpaired) electrons. The topological polar surface area (TPSA) is 79.2 Å². The second-order valence-electron chi connectivity index (χ2n) is 7.71. The zero-order chi connectivity index (χ0) is 19.7. The van der Waals surface area contributed by atoms with Gasteiger partial charge in [0.15, 0.2) is 0 Å². The van der Waals surface area contributed by atoms with Gasteiger partial charge in [-0.2, -0.15) is 0 Å². The second-order valence-corrected chi connectivity index (χ2v) is 7.71. The van der Waals surface area contributed by atoms with Crippen molar-refractivity contribution in [1.82, 2.24) is 0 Å². The third kappa shape index (κ3) is 11.2. The molecule has 0 aliphatic carbocycles. The Morgan fingerprint density at radius 2 is 1.48 bits per heavy atom. The molecule has 0 bridgehead atoms. The van der Waals surface area contributed by atoms with Gasteiger partial charge in [-0.25, -0.2) is 0 Å². The summed E-state index contributed by atoms with van der Waals surface area (Å²) in [6, 6.07) is 0. The molecule has 27 heavy (non-hydrogen) atoms. The third-order valence-corrected chi connectivity index (χ3v) is 5.28. The van der Waals surface area contributed by atoms with Gasteiger partial charge in [-0.3, -0.25) is 0 Å². The van der Waals surface area contributed by atoms with Crippen LogP contribution in [0.3, 0.4) is 0 Å². The van der Waals surface area contributed by atoms with E-state index in [1.807, 2.05) is 6.08 Å². The van der Waals surface area contributed by atoms with Crippen molar-refractivity contribution >= 4 is 0 Å². The molecule has 0 saturated carbocycles. The van der Waals surface area contributed by atoms with Gasteiger partial charge in [0.25, 0.3) is 0 Å². The number of allylic oxidation sites excluding steroid dienone is 1.